The van der Waals surface area contributed by atoms with Gasteiger partial charge < -0.3 is 0 Å². The lowest BCUT2D eigenvalue weighted by atomic mass is 10.3. The lowest BCUT2D eigenvalue weighted by Gasteiger charge is -2.06. The Balaban J connectivity index is 2.34. The van der Waals surface area contributed by atoms with Crippen molar-refractivity contribution < 1.29 is 13.3 Å². The van der Waals surface area contributed by atoms with Gasteiger partial charge in [-0.2, -0.15) is 5.10 Å². The third kappa shape index (κ3) is 2.71. The maximum atomic E-state index is 12.0. The Hall–Kier alpha value is -2.42. The molecule has 0 fully saturated rings. The van der Waals surface area contributed by atoms with Gasteiger partial charge in [0, 0.05) is 12.1 Å². The topological polar surface area (TPSA) is 118 Å². The van der Waals surface area contributed by atoms with Crippen LogP contribution in [0.1, 0.15) is 5.69 Å². The zero-order chi connectivity index (χ0) is 14.0. The fourth-order valence-corrected chi connectivity index (χ4v) is 2.69. The molecule has 1 aromatic carbocycles. The standard InChI is InChI=1S/C10H10N4O4S/c1-7-10(6-11-12-7)19(17,18)13-8-3-2-4-9(5-8)14(15)16/h2-6,13H,1H3,(H,11,12). The van der Waals surface area contributed by atoms with Crippen molar-refractivity contribution in [3.63, 3.8) is 0 Å². The number of sulfonamides is 1. The van der Waals surface area contributed by atoms with Crippen LogP contribution in [0, 0.1) is 17.0 Å². The van der Waals surface area contributed by atoms with Gasteiger partial charge >= 0.3 is 0 Å². The molecule has 1 heterocycles. The number of nitrogens with zero attached hydrogens (tertiary/aromatic N) is 2. The van der Waals surface area contributed by atoms with Crippen molar-refractivity contribution in [2.45, 2.75) is 11.8 Å². The summed E-state index contributed by atoms with van der Waals surface area (Å²) in [5.74, 6) is 0. The third-order valence-corrected chi connectivity index (χ3v) is 3.88. The summed E-state index contributed by atoms with van der Waals surface area (Å²) in [5.41, 5.74) is 0.317. The number of aromatic nitrogens is 2. The summed E-state index contributed by atoms with van der Waals surface area (Å²) in [7, 11) is -3.81. The first kappa shape index (κ1) is 13.0. The van der Waals surface area contributed by atoms with Crippen molar-refractivity contribution in [3.05, 3.63) is 46.3 Å². The molecular formula is C10H10N4O4S. The summed E-state index contributed by atoms with van der Waals surface area (Å²) in [6.07, 6.45) is 1.18. The number of H-pyrrole nitrogens is 1. The molecule has 0 unspecified atom stereocenters. The quantitative estimate of drug-likeness (QED) is 0.649. The van der Waals surface area contributed by atoms with E-state index in [-0.39, 0.29) is 16.3 Å². The minimum absolute atomic E-state index is 0.000920. The van der Waals surface area contributed by atoms with E-state index in [0.717, 1.165) is 6.07 Å². The van der Waals surface area contributed by atoms with Crippen LogP contribution in [-0.4, -0.2) is 23.5 Å². The highest BCUT2D eigenvalue weighted by Crippen LogP contribution is 2.21. The number of anilines is 1. The number of aryl methyl sites for hydroxylation is 1. The monoisotopic (exact) mass is 282 g/mol. The molecule has 8 nitrogen and oxygen atoms in total. The lowest BCUT2D eigenvalue weighted by Crippen LogP contribution is -2.13. The van der Waals surface area contributed by atoms with Crippen LogP contribution in [0.25, 0.3) is 0 Å². The smallest absolute Gasteiger partial charge is 0.271 e. The molecule has 9 heteroatoms. The van der Waals surface area contributed by atoms with Crippen LogP contribution >= 0.6 is 0 Å². The van der Waals surface area contributed by atoms with Gasteiger partial charge in [0.1, 0.15) is 4.90 Å². The van der Waals surface area contributed by atoms with E-state index < -0.39 is 14.9 Å². The van der Waals surface area contributed by atoms with Crippen LogP contribution in [0.15, 0.2) is 35.4 Å². The molecule has 0 radical (unpaired) electrons. The number of benzene rings is 1. The fraction of sp³-hybridized carbons (Fsp3) is 0.100. The Morgan fingerprint density at radius 2 is 2.16 bits per heavy atom. The molecule has 0 spiro atoms. The number of non-ortho nitro benzene ring substituents is 1. The lowest BCUT2D eigenvalue weighted by molar-refractivity contribution is -0.384. The van der Waals surface area contributed by atoms with Crippen molar-refractivity contribution in [2.75, 3.05) is 4.72 Å². The van der Waals surface area contributed by atoms with Crippen LogP contribution in [0.3, 0.4) is 0 Å². The molecular weight excluding hydrogens is 272 g/mol. The summed E-state index contributed by atoms with van der Waals surface area (Å²) >= 11 is 0. The summed E-state index contributed by atoms with van der Waals surface area (Å²) in [5, 5.41) is 16.8. The molecule has 2 aromatic rings. The molecule has 19 heavy (non-hydrogen) atoms. The summed E-state index contributed by atoms with van der Waals surface area (Å²) < 4.78 is 26.3. The second kappa shape index (κ2) is 4.69. The molecule has 0 aliphatic carbocycles. The van der Waals surface area contributed by atoms with Gasteiger partial charge in [-0.15, -0.1) is 0 Å². The van der Waals surface area contributed by atoms with Crippen molar-refractivity contribution >= 4 is 21.4 Å². The van der Waals surface area contributed by atoms with Gasteiger partial charge in [-0.1, -0.05) is 6.07 Å². The van der Waals surface area contributed by atoms with E-state index in [4.69, 9.17) is 0 Å². The molecule has 2 N–H and O–H groups in total. The van der Waals surface area contributed by atoms with Crippen LogP contribution in [0.4, 0.5) is 11.4 Å². The maximum Gasteiger partial charge on any atom is 0.271 e. The van der Waals surface area contributed by atoms with Gasteiger partial charge in [-0.3, -0.25) is 19.9 Å². The predicted molar refractivity (Wildman–Crippen MR) is 67.2 cm³/mol. The molecule has 0 atom stereocenters. The van der Waals surface area contributed by atoms with Crippen LogP contribution in [0.5, 0.6) is 0 Å². The molecule has 100 valence electrons. The number of nitro benzene ring substituents is 1. The van der Waals surface area contributed by atoms with Gasteiger partial charge in [0.25, 0.3) is 15.7 Å². The molecule has 0 bridgehead atoms. The van der Waals surface area contributed by atoms with E-state index in [1.165, 1.54) is 24.4 Å². The van der Waals surface area contributed by atoms with E-state index in [1.54, 1.807) is 6.92 Å². The van der Waals surface area contributed by atoms with Gasteiger partial charge in [0.2, 0.25) is 0 Å². The van der Waals surface area contributed by atoms with E-state index >= 15 is 0 Å². The molecule has 2 rings (SSSR count). The van der Waals surface area contributed by atoms with Crippen LogP contribution in [0.2, 0.25) is 0 Å². The van der Waals surface area contributed by atoms with Gasteiger partial charge in [-0.05, 0) is 13.0 Å². The van der Waals surface area contributed by atoms with Crippen LogP contribution < -0.4 is 4.72 Å². The summed E-state index contributed by atoms with van der Waals surface area (Å²) in [6, 6.07) is 5.26. The first-order valence-electron chi connectivity index (χ1n) is 5.17. The van der Waals surface area contributed by atoms with Crippen molar-refractivity contribution in [1.82, 2.24) is 10.2 Å². The highest BCUT2D eigenvalue weighted by molar-refractivity contribution is 7.92. The number of hydrogen-bond acceptors (Lipinski definition) is 5. The molecule has 0 aliphatic rings. The zero-order valence-corrected chi connectivity index (χ0v) is 10.6. The van der Waals surface area contributed by atoms with E-state index in [1.807, 2.05) is 0 Å². The number of nitrogens with one attached hydrogen (secondary N) is 2. The minimum atomic E-state index is -3.81. The predicted octanol–water partition coefficient (Wildman–Crippen LogP) is 1.43. The SMILES string of the molecule is Cc1[nH]ncc1S(=O)(=O)Nc1cccc([N+](=O)[O-])c1. The number of nitro groups is 1. The fourth-order valence-electron chi connectivity index (χ4n) is 1.50. The largest absolute Gasteiger partial charge is 0.281 e. The second-order valence-electron chi connectivity index (χ2n) is 3.77. The van der Waals surface area contributed by atoms with Crippen molar-refractivity contribution in [1.29, 1.82) is 0 Å². The minimum Gasteiger partial charge on any atom is -0.281 e. The maximum absolute atomic E-state index is 12.0. The third-order valence-electron chi connectivity index (χ3n) is 2.38. The zero-order valence-electron chi connectivity index (χ0n) is 9.82. The molecule has 0 aliphatic heterocycles. The molecule has 0 saturated carbocycles. The highest BCUT2D eigenvalue weighted by atomic mass is 32.2. The Labute approximate surface area is 108 Å². The second-order valence-corrected chi connectivity index (χ2v) is 5.42. The first-order chi connectivity index (χ1) is 8.90. The highest BCUT2D eigenvalue weighted by Gasteiger charge is 2.19. The Kier molecular flexibility index (Phi) is 3.21. The summed E-state index contributed by atoms with van der Waals surface area (Å²) in [4.78, 5) is 10.0. The average molecular weight is 282 g/mol. The van der Waals surface area contributed by atoms with Crippen molar-refractivity contribution in [3.8, 4) is 0 Å². The van der Waals surface area contributed by atoms with E-state index in [2.05, 4.69) is 14.9 Å². The van der Waals surface area contributed by atoms with Gasteiger partial charge in [0.05, 0.1) is 22.5 Å². The Morgan fingerprint density at radius 1 is 1.42 bits per heavy atom. The van der Waals surface area contributed by atoms with Gasteiger partial charge in [0.15, 0.2) is 0 Å². The summed E-state index contributed by atoms with van der Waals surface area (Å²) in [6.45, 7) is 1.56. The number of aromatic amines is 1. The molecule has 0 amide bonds. The van der Waals surface area contributed by atoms with Gasteiger partial charge in [-0.25, -0.2) is 8.42 Å². The molecule has 0 saturated heterocycles. The molecule has 1 aromatic heterocycles. The average Bonchev–Trinajstić information content (AvgIpc) is 2.76. The number of rotatable bonds is 4. The van der Waals surface area contributed by atoms with Crippen LogP contribution in [-0.2, 0) is 10.0 Å². The Bertz CT molecular complexity index is 723. The van der Waals surface area contributed by atoms with Crippen molar-refractivity contribution in [2.24, 2.45) is 0 Å². The normalized spacial score (nSPS) is 11.2. The van der Waals surface area contributed by atoms with E-state index in [9.17, 15) is 18.5 Å². The van der Waals surface area contributed by atoms with E-state index in [0.29, 0.717) is 5.69 Å². The first-order valence-corrected chi connectivity index (χ1v) is 6.66. The number of hydrogen-bond donors (Lipinski definition) is 2. The Morgan fingerprint density at radius 3 is 2.74 bits per heavy atom.